The Morgan fingerprint density at radius 2 is 1.46 bits per heavy atom. The van der Waals surface area contributed by atoms with Gasteiger partial charge < -0.3 is 29.1 Å². The van der Waals surface area contributed by atoms with Gasteiger partial charge in [0.15, 0.2) is 12.2 Å². The van der Waals surface area contributed by atoms with Gasteiger partial charge in [-0.1, -0.05) is 36.4 Å². The molecule has 28 heavy (non-hydrogen) atoms. The average Bonchev–Trinajstić information content (AvgIpc) is 2.95. The summed E-state index contributed by atoms with van der Waals surface area (Å²) in [4.78, 5) is 11.3. The largest absolute Gasteiger partial charge is 0.587 e. The standard InChI is InChI=1S/C18H19O9P/c19-14(17-15(20)16(21)18(22)25-17)11-24-28(23,26-12-7-3-1-4-8-12)27-13-9-5-2-6-10-13/h1-10,14-17,19-21H,11H2/t14?,15?,16-,17-/m1/s1. The number of cyclic esters (lactones) is 1. The first-order chi connectivity index (χ1) is 13.4. The van der Waals surface area contributed by atoms with Crippen molar-refractivity contribution in [2.24, 2.45) is 0 Å². The highest BCUT2D eigenvalue weighted by Crippen LogP contribution is 2.49. The van der Waals surface area contributed by atoms with Gasteiger partial charge >= 0.3 is 13.8 Å². The summed E-state index contributed by atoms with van der Waals surface area (Å²) in [7, 11) is -4.25. The molecule has 3 N–H and O–H groups in total. The predicted molar refractivity (Wildman–Crippen MR) is 95.6 cm³/mol. The monoisotopic (exact) mass is 410 g/mol. The van der Waals surface area contributed by atoms with Crippen LogP contribution in [0.25, 0.3) is 0 Å². The van der Waals surface area contributed by atoms with E-state index in [1.807, 2.05) is 0 Å². The Labute approximate surface area is 160 Å². The number of para-hydroxylation sites is 2. The van der Waals surface area contributed by atoms with E-state index in [0.29, 0.717) is 0 Å². The van der Waals surface area contributed by atoms with E-state index in [1.165, 1.54) is 0 Å². The van der Waals surface area contributed by atoms with Crippen molar-refractivity contribution in [1.82, 2.24) is 0 Å². The van der Waals surface area contributed by atoms with Gasteiger partial charge in [-0.25, -0.2) is 9.36 Å². The molecule has 9 nitrogen and oxygen atoms in total. The number of phosphoric acid groups is 1. The van der Waals surface area contributed by atoms with Crippen LogP contribution in [0.4, 0.5) is 0 Å². The number of aliphatic hydroxyl groups is 3. The van der Waals surface area contributed by atoms with Crippen LogP contribution in [-0.2, 0) is 18.6 Å². The Kier molecular flexibility index (Phi) is 6.33. The second-order valence-electron chi connectivity index (χ2n) is 5.96. The number of benzene rings is 2. The van der Waals surface area contributed by atoms with Gasteiger partial charge in [0.1, 0.15) is 23.7 Å². The Balaban J connectivity index is 1.71. The van der Waals surface area contributed by atoms with Gasteiger partial charge in [-0.05, 0) is 24.3 Å². The molecule has 3 rings (SSSR count). The Bertz CT molecular complexity index is 784. The molecular formula is C18H19O9P. The Morgan fingerprint density at radius 3 is 1.89 bits per heavy atom. The zero-order chi connectivity index (χ0) is 20.1. The van der Waals surface area contributed by atoms with Gasteiger partial charge in [-0.2, -0.15) is 0 Å². The second-order valence-corrected chi connectivity index (χ2v) is 7.47. The van der Waals surface area contributed by atoms with Crippen LogP contribution in [0.1, 0.15) is 0 Å². The lowest BCUT2D eigenvalue weighted by atomic mass is 10.1. The minimum atomic E-state index is -4.25. The molecule has 2 unspecified atom stereocenters. The number of hydrogen-bond acceptors (Lipinski definition) is 9. The summed E-state index contributed by atoms with van der Waals surface area (Å²) in [5.74, 6) is -0.654. The van der Waals surface area contributed by atoms with Crippen LogP contribution in [0.2, 0.25) is 0 Å². The van der Waals surface area contributed by atoms with E-state index in [9.17, 15) is 24.7 Å². The lowest BCUT2D eigenvalue weighted by Gasteiger charge is -2.23. The van der Waals surface area contributed by atoms with E-state index in [2.05, 4.69) is 0 Å². The molecule has 1 saturated heterocycles. The second kappa shape index (κ2) is 8.72. The van der Waals surface area contributed by atoms with E-state index in [1.54, 1.807) is 60.7 Å². The highest BCUT2D eigenvalue weighted by Gasteiger charge is 2.47. The molecule has 1 heterocycles. The number of aliphatic hydroxyl groups excluding tert-OH is 3. The minimum absolute atomic E-state index is 0.207. The summed E-state index contributed by atoms with van der Waals surface area (Å²) >= 11 is 0. The zero-order valence-electron chi connectivity index (χ0n) is 14.5. The van der Waals surface area contributed by atoms with Gasteiger partial charge in [0.25, 0.3) is 0 Å². The van der Waals surface area contributed by atoms with Crippen molar-refractivity contribution in [3.8, 4) is 11.5 Å². The maximum atomic E-state index is 13.1. The van der Waals surface area contributed by atoms with Gasteiger partial charge in [0.05, 0.1) is 6.61 Å². The van der Waals surface area contributed by atoms with E-state index in [-0.39, 0.29) is 11.5 Å². The van der Waals surface area contributed by atoms with Gasteiger partial charge in [0.2, 0.25) is 0 Å². The number of hydrogen-bond donors (Lipinski definition) is 3. The molecule has 1 aliphatic heterocycles. The zero-order valence-corrected chi connectivity index (χ0v) is 15.4. The van der Waals surface area contributed by atoms with Crippen LogP contribution in [0.5, 0.6) is 11.5 Å². The summed E-state index contributed by atoms with van der Waals surface area (Å²) in [6, 6.07) is 16.3. The quantitative estimate of drug-likeness (QED) is 0.435. The van der Waals surface area contributed by atoms with Crippen LogP contribution in [0, 0.1) is 0 Å². The molecule has 0 radical (unpaired) electrons. The summed E-state index contributed by atoms with van der Waals surface area (Å²) in [6.07, 6.45) is -6.43. The molecule has 0 spiro atoms. The predicted octanol–water partition coefficient (Wildman–Crippen LogP) is 1.28. The summed E-state index contributed by atoms with van der Waals surface area (Å²) in [5.41, 5.74) is 0. The Morgan fingerprint density at radius 1 is 0.964 bits per heavy atom. The van der Waals surface area contributed by atoms with Gasteiger partial charge in [-0.15, -0.1) is 0 Å². The minimum Gasteiger partial charge on any atom is -0.455 e. The summed E-state index contributed by atoms with van der Waals surface area (Å²) in [5, 5.41) is 29.3. The number of carbonyl (C=O) groups is 1. The number of rotatable bonds is 8. The fraction of sp³-hybridized carbons (Fsp3) is 0.278. The van der Waals surface area contributed by atoms with Crippen molar-refractivity contribution in [1.29, 1.82) is 0 Å². The van der Waals surface area contributed by atoms with E-state index < -0.39 is 44.8 Å². The molecule has 1 aliphatic rings. The fourth-order valence-corrected chi connectivity index (χ4v) is 3.69. The third-order valence-electron chi connectivity index (χ3n) is 3.86. The first kappa shape index (κ1) is 20.3. The van der Waals surface area contributed by atoms with Gasteiger partial charge in [0, 0.05) is 0 Å². The molecular weight excluding hydrogens is 391 g/mol. The van der Waals surface area contributed by atoms with Crippen molar-refractivity contribution in [2.45, 2.75) is 24.4 Å². The number of phosphoric ester groups is 1. The lowest BCUT2D eigenvalue weighted by molar-refractivity contribution is -0.151. The summed E-state index contributed by atoms with van der Waals surface area (Å²) in [6.45, 7) is -0.654. The van der Waals surface area contributed by atoms with Crippen molar-refractivity contribution >= 4 is 13.8 Å². The molecule has 0 amide bonds. The van der Waals surface area contributed by atoms with E-state index >= 15 is 0 Å². The van der Waals surface area contributed by atoms with Gasteiger partial charge in [-0.3, -0.25) is 4.52 Å². The van der Waals surface area contributed by atoms with Crippen LogP contribution in [-0.4, -0.2) is 52.3 Å². The van der Waals surface area contributed by atoms with Crippen molar-refractivity contribution in [3.63, 3.8) is 0 Å². The topological polar surface area (TPSA) is 132 Å². The summed E-state index contributed by atoms with van der Waals surface area (Å²) < 4.78 is 33.7. The molecule has 0 saturated carbocycles. The molecule has 0 bridgehead atoms. The van der Waals surface area contributed by atoms with Crippen molar-refractivity contribution < 1.29 is 43.0 Å². The molecule has 150 valence electrons. The highest BCUT2D eigenvalue weighted by molar-refractivity contribution is 7.49. The molecule has 1 fully saturated rings. The van der Waals surface area contributed by atoms with E-state index in [0.717, 1.165) is 0 Å². The van der Waals surface area contributed by atoms with E-state index in [4.69, 9.17) is 18.3 Å². The van der Waals surface area contributed by atoms with Crippen molar-refractivity contribution in [3.05, 3.63) is 60.7 Å². The molecule has 10 heteroatoms. The maximum absolute atomic E-state index is 13.1. The maximum Gasteiger partial charge on any atom is 0.587 e. The van der Waals surface area contributed by atoms with Crippen LogP contribution in [0.15, 0.2) is 60.7 Å². The van der Waals surface area contributed by atoms with Crippen LogP contribution < -0.4 is 9.05 Å². The fourth-order valence-electron chi connectivity index (χ4n) is 2.45. The molecule has 2 aromatic rings. The Hall–Kier alpha value is -2.42. The van der Waals surface area contributed by atoms with Crippen LogP contribution >= 0.6 is 7.82 Å². The molecule has 4 atom stereocenters. The normalized spacial score (nSPS) is 23.1. The lowest BCUT2D eigenvalue weighted by Crippen LogP contribution is -2.40. The average molecular weight is 410 g/mol. The van der Waals surface area contributed by atoms with Crippen LogP contribution in [0.3, 0.4) is 0 Å². The molecule has 0 aliphatic carbocycles. The first-order valence-electron chi connectivity index (χ1n) is 8.36. The highest BCUT2D eigenvalue weighted by atomic mass is 31.2. The number of carbonyl (C=O) groups excluding carboxylic acids is 1. The third-order valence-corrected chi connectivity index (χ3v) is 5.19. The molecule has 2 aromatic carbocycles. The van der Waals surface area contributed by atoms with Crippen molar-refractivity contribution in [2.75, 3.05) is 6.61 Å². The number of ether oxygens (including phenoxy) is 1. The third kappa shape index (κ3) is 4.89. The number of esters is 1. The molecule has 0 aromatic heterocycles. The first-order valence-corrected chi connectivity index (χ1v) is 9.82. The SMILES string of the molecule is O=C1O[C@H](C(O)COP(=O)(Oc2ccccc2)Oc2ccccc2)C(O)[C@H]1O. The smallest absolute Gasteiger partial charge is 0.455 e.